The zero-order valence-corrected chi connectivity index (χ0v) is 15.8. The monoisotopic (exact) mass is 389 g/mol. The van der Waals surface area contributed by atoms with Gasteiger partial charge in [-0.05, 0) is 36.2 Å². The fourth-order valence-electron chi connectivity index (χ4n) is 2.95. The van der Waals surface area contributed by atoms with E-state index in [2.05, 4.69) is 20.4 Å². The lowest BCUT2D eigenvalue weighted by Gasteiger charge is -2.06. The molecule has 0 fully saturated rings. The second-order valence-electron chi connectivity index (χ2n) is 6.45. The van der Waals surface area contributed by atoms with Crippen molar-refractivity contribution in [1.82, 2.24) is 19.6 Å². The number of H-pyrrole nitrogens is 1. The van der Waals surface area contributed by atoms with E-state index < -0.39 is 0 Å². The quantitative estimate of drug-likeness (QED) is 0.528. The van der Waals surface area contributed by atoms with Crippen LogP contribution in [0.3, 0.4) is 0 Å². The van der Waals surface area contributed by atoms with Crippen molar-refractivity contribution in [2.75, 3.05) is 12.4 Å². The highest BCUT2D eigenvalue weighted by Crippen LogP contribution is 2.20. The lowest BCUT2D eigenvalue weighted by Crippen LogP contribution is -2.19. The number of methoxy groups -OCH3 is 1. The normalized spacial score (nSPS) is 10.8. The Hall–Kier alpha value is -3.94. The molecule has 2 aromatic heterocycles. The lowest BCUT2D eigenvalue weighted by molar-refractivity contribution is -0.116. The van der Waals surface area contributed by atoms with Crippen LogP contribution < -0.4 is 15.6 Å². The van der Waals surface area contributed by atoms with Crippen molar-refractivity contribution < 1.29 is 9.53 Å². The van der Waals surface area contributed by atoms with Crippen molar-refractivity contribution >= 4 is 17.5 Å². The van der Waals surface area contributed by atoms with Crippen molar-refractivity contribution in [2.45, 2.75) is 12.8 Å². The third-order valence-electron chi connectivity index (χ3n) is 4.44. The van der Waals surface area contributed by atoms with Crippen LogP contribution in [0.5, 0.6) is 5.75 Å². The first-order valence-corrected chi connectivity index (χ1v) is 9.11. The number of rotatable bonds is 6. The van der Waals surface area contributed by atoms with Crippen molar-refractivity contribution in [1.29, 1.82) is 0 Å². The van der Waals surface area contributed by atoms with Crippen LogP contribution in [0.1, 0.15) is 12.0 Å². The molecule has 2 N–H and O–H groups in total. The minimum absolute atomic E-state index is 0.206. The van der Waals surface area contributed by atoms with Gasteiger partial charge in [0.25, 0.3) is 5.56 Å². The summed E-state index contributed by atoms with van der Waals surface area (Å²) in [5.74, 6) is 1.46. The van der Waals surface area contributed by atoms with Gasteiger partial charge in [0, 0.05) is 18.1 Å². The molecule has 2 heterocycles. The van der Waals surface area contributed by atoms with Gasteiger partial charge >= 0.3 is 0 Å². The number of carbonyl (C=O) groups is 1. The second kappa shape index (κ2) is 7.97. The van der Waals surface area contributed by atoms with Gasteiger partial charge in [-0.2, -0.15) is 9.50 Å². The van der Waals surface area contributed by atoms with Crippen LogP contribution in [0.25, 0.3) is 17.2 Å². The maximum absolute atomic E-state index is 12.4. The summed E-state index contributed by atoms with van der Waals surface area (Å²) in [6.07, 6.45) is 0.895. The number of hydrogen-bond acceptors (Lipinski definition) is 5. The molecule has 0 radical (unpaired) electrons. The molecule has 146 valence electrons. The van der Waals surface area contributed by atoms with Crippen molar-refractivity contribution in [3.63, 3.8) is 0 Å². The molecule has 2 aromatic carbocycles. The predicted molar refractivity (Wildman–Crippen MR) is 109 cm³/mol. The SMILES string of the molecule is COc1ccc(-c2nc3[nH]c(=O)cc(NC(=O)CCc4ccccc4)n3n2)cc1. The number of aryl methyl sites for hydroxylation is 1. The molecule has 0 saturated heterocycles. The molecule has 0 bridgehead atoms. The number of nitrogens with zero attached hydrogens (tertiary/aromatic N) is 3. The first-order chi connectivity index (χ1) is 14.1. The van der Waals surface area contributed by atoms with E-state index in [4.69, 9.17) is 4.74 Å². The van der Waals surface area contributed by atoms with Gasteiger partial charge in [-0.3, -0.25) is 14.6 Å². The van der Waals surface area contributed by atoms with Crippen LogP contribution >= 0.6 is 0 Å². The molecule has 0 aliphatic heterocycles. The molecule has 1 amide bonds. The average Bonchev–Trinajstić information content (AvgIpc) is 3.17. The number of carbonyl (C=O) groups excluding carboxylic acids is 1. The number of anilines is 1. The van der Waals surface area contributed by atoms with E-state index in [0.29, 0.717) is 18.7 Å². The summed E-state index contributed by atoms with van der Waals surface area (Å²) in [5, 5.41) is 7.19. The van der Waals surface area contributed by atoms with Crippen LogP contribution in [0, 0.1) is 0 Å². The van der Waals surface area contributed by atoms with Crippen LogP contribution in [-0.2, 0) is 11.2 Å². The third-order valence-corrected chi connectivity index (χ3v) is 4.44. The molecule has 8 nitrogen and oxygen atoms in total. The first kappa shape index (κ1) is 18.4. The van der Waals surface area contributed by atoms with Gasteiger partial charge in [0.2, 0.25) is 11.7 Å². The summed E-state index contributed by atoms with van der Waals surface area (Å²) in [6.45, 7) is 0. The maximum Gasteiger partial charge on any atom is 0.254 e. The fraction of sp³-hybridized carbons (Fsp3) is 0.143. The Morgan fingerprint density at radius 2 is 1.90 bits per heavy atom. The number of aromatic amines is 1. The standard InChI is InChI=1S/C21H19N5O3/c1-29-16-10-8-15(9-11-16)20-24-21-23-19(28)13-17(26(21)25-20)22-18(27)12-7-14-5-3-2-4-6-14/h2-6,8-11,13H,7,12H2,1H3,(H,22,27)(H,23,24,25,28). The van der Waals surface area contributed by atoms with Gasteiger partial charge in [-0.25, -0.2) is 0 Å². The molecule has 4 rings (SSSR count). The molecule has 4 aromatic rings. The number of aromatic nitrogens is 4. The molecule has 0 aliphatic rings. The highest BCUT2D eigenvalue weighted by Gasteiger charge is 2.13. The fourth-order valence-corrected chi connectivity index (χ4v) is 2.95. The summed E-state index contributed by atoms with van der Waals surface area (Å²) < 4.78 is 6.57. The van der Waals surface area contributed by atoms with E-state index in [0.717, 1.165) is 16.9 Å². The summed E-state index contributed by atoms with van der Waals surface area (Å²) in [4.78, 5) is 31.4. The summed E-state index contributed by atoms with van der Waals surface area (Å²) in [5.41, 5.74) is 1.46. The predicted octanol–water partition coefficient (Wildman–Crippen LogP) is 2.66. The van der Waals surface area contributed by atoms with Crippen molar-refractivity contribution in [2.24, 2.45) is 0 Å². The number of fused-ring (bicyclic) bond motifs is 1. The van der Waals surface area contributed by atoms with Crippen LogP contribution in [-0.4, -0.2) is 32.6 Å². The molecule has 0 atom stereocenters. The molecule has 29 heavy (non-hydrogen) atoms. The smallest absolute Gasteiger partial charge is 0.254 e. The van der Waals surface area contributed by atoms with Gasteiger partial charge in [0.05, 0.1) is 7.11 Å². The van der Waals surface area contributed by atoms with E-state index in [1.54, 1.807) is 19.2 Å². The number of benzene rings is 2. The maximum atomic E-state index is 12.4. The third kappa shape index (κ3) is 4.16. The van der Waals surface area contributed by atoms with E-state index in [1.807, 2.05) is 42.5 Å². The Balaban J connectivity index is 1.57. The topological polar surface area (TPSA) is 101 Å². The van der Waals surface area contributed by atoms with Crippen molar-refractivity contribution in [3.8, 4) is 17.1 Å². The van der Waals surface area contributed by atoms with Crippen LogP contribution in [0.15, 0.2) is 65.5 Å². The molecular formula is C21H19N5O3. The molecule has 0 spiro atoms. The molecule has 8 heteroatoms. The minimum atomic E-state index is -0.371. The van der Waals surface area contributed by atoms with Gasteiger partial charge < -0.3 is 10.1 Å². The van der Waals surface area contributed by atoms with Crippen LogP contribution in [0.2, 0.25) is 0 Å². The van der Waals surface area contributed by atoms with Gasteiger partial charge in [0.15, 0.2) is 5.82 Å². The van der Waals surface area contributed by atoms with E-state index in [9.17, 15) is 9.59 Å². The van der Waals surface area contributed by atoms with E-state index in [-0.39, 0.29) is 23.1 Å². The average molecular weight is 389 g/mol. The first-order valence-electron chi connectivity index (χ1n) is 9.11. The molecule has 0 unspecified atom stereocenters. The molecule has 0 saturated carbocycles. The summed E-state index contributed by atoms with van der Waals surface area (Å²) in [6, 6.07) is 18.3. The Kier molecular flexibility index (Phi) is 5.07. The zero-order chi connectivity index (χ0) is 20.2. The van der Waals surface area contributed by atoms with E-state index in [1.165, 1.54) is 10.6 Å². The van der Waals surface area contributed by atoms with Gasteiger partial charge in [0.1, 0.15) is 11.6 Å². The highest BCUT2D eigenvalue weighted by atomic mass is 16.5. The van der Waals surface area contributed by atoms with Gasteiger partial charge in [-0.1, -0.05) is 30.3 Å². The lowest BCUT2D eigenvalue weighted by atomic mass is 10.1. The second-order valence-corrected chi connectivity index (χ2v) is 6.45. The minimum Gasteiger partial charge on any atom is -0.497 e. The molecule has 0 aliphatic carbocycles. The number of amides is 1. The zero-order valence-electron chi connectivity index (χ0n) is 15.8. The number of hydrogen-bond donors (Lipinski definition) is 2. The van der Waals surface area contributed by atoms with Gasteiger partial charge in [-0.15, -0.1) is 5.10 Å². The Morgan fingerprint density at radius 1 is 1.14 bits per heavy atom. The number of ether oxygens (including phenoxy) is 1. The van der Waals surface area contributed by atoms with E-state index >= 15 is 0 Å². The largest absolute Gasteiger partial charge is 0.497 e. The number of nitrogens with one attached hydrogen (secondary N) is 2. The molecular weight excluding hydrogens is 370 g/mol. The highest BCUT2D eigenvalue weighted by molar-refractivity contribution is 5.90. The Labute approximate surface area is 166 Å². The summed E-state index contributed by atoms with van der Waals surface area (Å²) >= 11 is 0. The van der Waals surface area contributed by atoms with Crippen molar-refractivity contribution in [3.05, 3.63) is 76.6 Å². The Morgan fingerprint density at radius 3 is 2.62 bits per heavy atom. The Bertz CT molecular complexity index is 1200. The van der Waals surface area contributed by atoms with Crippen LogP contribution in [0.4, 0.5) is 5.82 Å². The summed E-state index contributed by atoms with van der Waals surface area (Å²) in [7, 11) is 1.59.